The molecule has 0 fully saturated rings. The third-order valence-electron chi connectivity index (χ3n) is 8.43. The Balaban J connectivity index is 1.37. The van der Waals surface area contributed by atoms with E-state index in [1.54, 1.807) is 18.2 Å². The number of hydrogen-bond acceptors (Lipinski definition) is 1. The van der Waals surface area contributed by atoms with Crippen LogP contribution in [0.5, 0.6) is 0 Å². The van der Waals surface area contributed by atoms with E-state index in [1.165, 1.54) is 0 Å². The minimum atomic E-state index is -0.458. The molecule has 1 heterocycles. The molecule has 8 aromatic carbocycles. The monoisotopic (exact) mass is 582 g/mol. The Morgan fingerprint density at radius 2 is 0.867 bits per heavy atom. The van der Waals surface area contributed by atoms with Gasteiger partial charge in [0, 0.05) is 10.8 Å². The average Bonchev–Trinajstić information content (AvgIpc) is 3.60. The second-order valence-electron chi connectivity index (χ2n) is 10.9. The lowest BCUT2D eigenvalue weighted by atomic mass is 9.84. The summed E-state index contributed by atoms with van der Waals surface area (Å²) in [6.07, 6.45) is 0. The van der Waals surface area contributed by atoms with Crippen LogP contribution in [0.2, 0.25) is 0 Å². The number of rotatable bonds is 4. The van der Waals surface area contributed by atoms with Crippen LogP contribution in [0, 0.1) is 0 Å². The van der Waals surface area contributed by atoms with Gasteiger partial charge < -0.3 is 4.42 Å². The van der Waals surface area contributed by atoms with Crippen molar-refractivity contribution in [1.82, 2.24) is 0 Å². The van der Waals surface area contributed by atoms with Crippen molar-refractivity contribution < 1.29 is 18.1 Å². The number of benzene rings is 8. The fraction of sp³-hybridized carbons (Fsp3) is 0. The topological polar surface area (TPSA) is 13.1 Å². The highest BCUT2D eigenvalue weighted by atomic mass is 16.3. The van der Waals surface area contributed by atoms with E-state index < -0.39 is 36.3 Å². The van der Waals surface area contributed by atoms with Gasteiger partial charge in [0.25, 0.3) is 0 Å². The van der Waals surface area contributed by atoms with E-state index in [0.29, 0.717) is 27.7 Å². The summed E-state index contributed by atoms with van der Waals surface area (Å²) < 4.78 is 91.0. The van der Waals surface area contributed by atoms with Crippen LogP contribution in [0.15, 0.2) is 174 Å². The molecule has 210 valence electrons. The molecule has 0 saturated heterocycles. The molecule has 1 nitrogen and oxygen atoms in total. The first-order chi connectivity index (χ1) is 26.5. The molecule has 1 heteroatoms. The molecule has 0 bridgehead atoms. The molecule has 0 aliphatic rings. The van der Waals surface area contributed by atoms with E-state index in [0.717, 1.165) is 49.2 Å². The number of fused-ring (bicyclic) bond motifs is 5. The number of hydrogen-bond donors (Lipinski definition) is 0. The van der Waals surface area contributed by atoms with Crippen LogP contribution in [0.1, 0.15) is 13.7 Å². The lowest BCUT2D eigenvalue weighted by Gasteiger charge is -2.19. The van der Waals surface area contributed by atoms with Gasteiger partial charge in [0.05, 0.1) is 13.7 Å². The normalized spacial score (nSPS) is 14.7. The molecule has 0 unspecified atom stereocenters. The van der Waals surface area contributed by atoms with Crippen LogP contribution in [0.25, 0.3) is 88.0 Å². The van der Waals surface area contributed by atoms with Crippen molar-refractivity contribution in [3.05, 3.63) is 170 Å². The predicted octanol–water partition coefficient (Wildman–Crippen LogP) is 12.6. The van der Waals surface area contributed by atoms with Crippen LogP contribution < -0.4 is 0 Å². The van der Waals surface area contributed by atoms with Gasteiger partial charge in [0.1, 0.15) is 11.2 Å². The van der Waals surface area contributed by atoms with Crippen molar-refractivity contribution in [2.24, 2.45) is 0 Å². The van der Waals surface area contributed by atoms with Gasteiger partial charge >= 0.3 is 0 Å². The summed E-state index contributed by atoms with van der Waals surface area (Å²) in [5.41, 5.74) is 5.76. The Kier molecular flexibility index (Phi) is 4.01. The van der Waals surface area contributed by atoms with Gasteiger partial charge in [0.2, 0.25) is 0 Å². The van der Waals surface area contributed by atoms with Crippen molar-refractivity contribution in [3.63, 3.8) is 0 Å². The lowest BCUT2D eigenvalue weighted by molar-refractivity contribution is 0.669. The van der Waals surface area contributed by atoms with Crippen LogP contribution in [-0.2, 0) is 0 Å². The first-order valence-electron chi connectivity index (χ1n) is 19.6. The van der Waals surface area contributed by atoms with E-state index in [-0.39, 0.29) is 35.3 Å². The second kappa shape index (κ2) is 10.4. The third kappa shape index (κ3) is 4.09. The van der Waals surface area contributed by atoms with E-state index in [1.807, 2.05) is 78.9 Å². The van der Waals surface area contributed by atoms with Crippen LogP contribution >= 0.6 is 0 Å². The second-order valence-corrected chi connectivity index (χ2v) is 10.9. The standard InChI is InChI=1S/C44H28O/c1-3-14-29(15-4-1)31-18-11-19-32(28-31)41-34-20-7-9-22-36(34)42(37-23-10-8-21-35(37)41)38-25-13-27-40-44(38)43-33(24-12-26-39(43)45-40)30-16-5-2-6-17-30/h1-28H/i1D,2D,3D,4D,5D,6D,14D,15D,16D,17D. The Bertz CT molecular complexity index is 3000. The van der Waals surface area contributed by atoms with Gasteiger partial charge in [-0.15, -0.1) is 0 Å². The summed E-state index contributed by atoms with van der Waals surface area (Å²) in [4.78, 5) is 0. The first kappa shape index (κ1) is 17.4. The highest BCUT2D eigenvalue weighted by molar-refractivity contribution is 6.27. The molecule has 0 N–H and O–H groups in total. The smallest absolute Gasteiger partial charge is 0.136 e. The largest absolute Gasteiger partial charge is 0.456 e. The third-order valence-corrected chi connectivity index (χ3v) is 8.43. The van der Waals surface area contributed by atoms with Crippen molar-refractivity contribution in [2.75, 3.05) is 0 Å². The van der Waals surface area contributed by atoms with Crippen molar-refractivity contribution in [3.8, 4) is 44.5 Å². The number of furan rings is 1. The summed E-state index contributed by atoms with van der Waals surface area (Å²) >= 11 is 0. The fourth-order valence-electron chi connectivity index (χ4n) is 6.62. The van der Waals surface area contributed by atoms with E-state index in [2.05, 4.69) is 12.1 Å². The van der Waals surface area contributed by atoms with Gasteiger partial charge in [-0.05, 0) is 84.3 Å². The molecular formula is C44H28O. The Hall–Kier alpha value is -5.92. The maximum atomic E-state index is 8.82. The van der Waals surface area contributed by atoms with E-state index in [9.17, 15) is 0 Å². The summed E-state index contributed by atoms with van der Waals surface area (Å²) in [7, 11) is 0. The molecule has 45 heavy (non-hydrogen) atoms. The van der Waals surface area contributed by atoms with Crippen molar-refractivity contribution in [1.29, 1.82) is 0 Å². The maximum absolute atomic E-state index is 8.82. The quantitative estimate of drug-likeness (QED) is 0.188. The zero-order chi connectivity index (χ0) is 38.4. The Morgan fingerprint density at radius 3 is 1.49 bits per heavy atom. The Morgan fingerprint density at radius 1 is 0.378 bits per heavy atom. The molecule has 0 radical (unpaired) electrons. The van der Waals surface area contributed by atoms with E-state index in [4.69, 9.17) is 18.1 Å². The van der Waals surface area contributed by atoms with Crippen LogP contribution in [0.3, 0.4) is 0 Å². The molecule has 0 saturated carbocycles. The lowest BCUT2D eigenvalue weighted by Crippen LogP contribution is -1.92. The Labute approximate surface area is 275 Å². The molecule has 0 atom stereocenters. The van der Waals surface area contributed by atoms with Crippen LogP contribution in [0.4, 0.5) is 0 Å². The maximum Gasteiger partial charge on any atom is 0.136 e. The zero-order valence-corrected chi connectivity index (χ0v) is 23.8. The first-order valence-corrected chi connectivity index (χ1v) is 14.6. The molecule has 0 spiro atoms. The zero-order valence-electron chi connectivity index (χ0n) is 33.8. The van der Waals surface area contributed by atoms with Gasteiger partial charge in [-0.2, -0.15) is 0 Å². The van der Waals surface area contributed by atoms with Crippen molar-refractivity contribution in [2.45, 2.75) is 0 Å². The molecule has 9 aromatic rings. The SMILES string of the molecule is [2H]c1c([2H])c([2H])c(-c2cccc(-c3c4ccccc4c(-c4cccc5oc6cccc(-c7c([2H])c([2H])c([2H])c([2H])c7[2H])c6c45)c4ccccc34)c2)c([2H])c1[2H]. The van der Waals surface area contributed by atoms with Crippen molar-refractivity contribution >= 4 is 43.5 Å². The van der Waals surface area contributed by atoms with Gasteiger partial charge in [-0.1, -0.05) is 151 Å². The highest BCUT2D eigenvalue weighted by Crippen LogP contribution is 2.48. The summed E-state index contributed by atoms with van der Waals surface area (Å²) in [6.45, 7) is 0. The van der Waals surface area contributed by atoms with E-state index >= 15 is 0 Å². The molecular weight excluding hydrogens is 544 g/mol. The molecule has 1 aromatic heterocycles. The summed E-state index contributed by atoms with van der Waals surface area (Å²) in [6, 6.07) is 31.0. The molecule has 0 aliphatic heterocycles. The minimum Gasteiger partial charge on any atom is -0.456 e. The minimum absolute atomic E-state index is 0.0955. The van der Waals surface area contributed by atoms with Gasteiger partial charge in [-0.3, -0.25) is 0 Å². The molecule has 0 aliphatic carbocycles. The predicted molar refractivity (Wildman–Crippen MR) is 190 cm³/mol. The molecule has 9 rings (SSSR count). The average molecular weight is 583 g/mol. The summed E-state index contributed by atoms with van der Waals surface area (Å²) in [5, 5.41) is 5.06. The summed E-state index contributed by atoms with van der Waals surface area (Å²) in [5.74, 6) is 0. The van der Waals surface area contributed by atoms with Crippen LogP contribution in [-0.4, -0.2) is 0 Å². The fourth-order valence-corrected chi connectivity index (χ4v) is 6.62. The molecule has 0 amide bonds. The van der Waals surface area contributed by atoms with Gasteiger partial charge in [-0.25, -0.2) is 0 Å². The van der Waals surface area contributed by atoms with Gasteiger partial charge in [0.15, 0.2) is 0 Å². The highest BCUT2D eigenvalue weighted by Gasteiger charge is 2.21.